The average Bonchev–Trinajstić information content (AvgIpc) is 3.44. The number of benzene rings is 2. The van der Waals surface area contributed by atoms with Crippen LogP contribution in [0.2, 0.25) is 0 Å². The van der Waals surface area contributed by atoms with Crippen molar-refractivity contribution in [3.8, 4) is 0 Å². The monoisotopic (exact) mass is 377 g/mol. The molecule has 4 nitrogen and oxygen atoms in total. The van der Waals surface area contributed by atoms with E-state index in [-0.39, 0.29) is 30.5 Å². The first kappa shape index (κ1) is 18.9. The molecule has 0 spiro atoms. The van der Waals surface area contributed by atoms with Crippen LogP contribution in [0.15, 0.2) is 48.5 Å². The summed E-state index contributed by atoms with van der Waals surface area (Å²) in [5, 5.41) is 9.25. The number of alkyl halides is 3. The number of carbonyl (C=O) groups is 2. The highest BCUT2D eigenvalue weighted by molar-refractivity contribution is 5.91. The zero-order valence-corrected chi connectivity index (χ0v) is 14.4. The lowest BCUT2D eigenvalue weighted by molar-refractivity contribution is -0.137. The van der Waals surface area contributed by atoms with Crippen molar-refractivity contribution in [2.45, 2.75) is 38.0 Å². The van der Waals surface area contributed by atoms with E-state index >= 15 is 0 Å². The molecule has 0 atom stereocenters. The summed E-state index contributed by atoms with van der Waals surface area (Å²) >= 11 is 0. The lowest BCUT2D eigenvalue weighted by Gasteiger charge is -2.23. The summed E-state index contributed by atoms with van der Waals surface area (Å²) in [7, 11) is 0. The van der Waals surface area contributed by atoms with Gasteiger partial charge >= 0.3 is 12.1 Å². The summed E-state index contributed by atoms with van der Waals surface area (Å²) in [4.78, 5) is 25.7. The van der Waals surface area contributed by atoms with E-state index in [1.807, 2.05) is 0 Å². The van der Waals surface area contributed by atoms with E-state index in [4.69, 9.17) is 0 Å². The number of nitrogens with zero attached hydrogens (tertiary/aromatic N) is 1. The third kappa shape index (κ3) is 4.67. The van der Waals surface area contributed by atoms with Gasteiger partial charge in [0, 0.05) is 12.6 Å². The molecule has 0 aromatic heterocycles. The second kappa shape index (κ2) is 7.42. The standard InChI is InChI=1S/C20H18F3NO3/c21-20(22,23)15-7-5-13(6-8-15)12-24(16-9-10-16)18(25)11-14-3-1-2-4-17(14)19(26)27/h1-8,16H,9-12H2,(H,26,27). The Morgan fingerprint density at radius 1 is 1.04 bits per heavy atom. The van der Waals surface area contributed by atoms with Crippen molar-refractivity contribution in [2.24, 2.45) is 0 Å². The van der Waals surface area contributed by atoms with Crippen molar-refractivity contribution in [2.75, 3.05) is 0 Å². The Morgan fingerprint density at radius 2 is 1.67 bits per heavy atom. The summed E-state index contributed by atoms with van der Waals surface area (Å²) < 4.78 is 38.0. The molecule has 7 heteroatoms. The van der Waals surface area contributed by atoms with Crippen molar-refractivity contribution >= 4 is 11.9 Å². The minimum atomic E-state index is -4.40. The van der Waals surface area contributed by atoms with Gasteiger partial charge in [-0.15, -0.1) is 0 Å². The quantitative estimate of drug-likeness (QED) is 0.823. The molecule has 0 heterocycles. The van der Waals surface area contributed by atoms with E-state index < -0.39 is 17.7 Å². The number of hydrogen-bond donors (Lipinski definition) is 1. The first-order chi connectivity index (χ1) is 12.8. The second-order valence-electron chi connectivity index (χ2n) is 6.59. The fraction of sp³-hybridized carbons (Fsp3) is 0.300. The Labute approximate surface area is 154 Å². The Kier molecular flexibility index (Phi) is 5.21. The summed E-state index contributed by atoms with van der Waals surface area (Å²) in [6, 6.07) is 11.1. The van der Waals surface area contributed by atoms with E-state index in [9.17, 15) is 27.9 Å². The molecule has 1 amide bonds. The molecule has 0 bridgehead atoms. The van der Waals surface area contributed by atoms with Gasteiger partial charge in [0.2, 0.25) is 5.91 Å². The van der Waals surface area contributed by atoms with Crippen LogP contribution in [-0.4, -0.2) is 27.9 Å². The lowest BCUT2D eigenvalue weighted by Crippen LogP contribution is -2.34. The molecule has 2 aromatic rings. The van der Waals surface area contributed by atoms with Crippen molar-refractivity contribution in [1.82, 2.24) is 4.90 Å². The number of hydrogen-bond acceptors (Lipinski definition) is 2. The van der Waals surface area contributed by atoms with Crippen molar-refractivity contribution in [3.63, 3.8) is 0 Å². The van der Waals surface area contributed by atoms with E-state index in [0.717, 1.165) is 25.0 Å². The molecule has 1 aliphatic carbocycles. The first-order valence-electron chi connectivity index (χ1n) is 8.52. The van der Waals surface area contributed by atoms with Crippen LogP contribution in [0.1, 0.15) is 39.9 Å². The molecule has 1 aliphatic rings. The van der Waals surface area contributed by atoms with Crippen molar-refractivity contribution < 1.29 is 27.9 Å². The van der Waals surface area contributed by atoms with Crippen molar-refractivity contribution in [1.29, 1.82) is 0 Å². The van der Waals surface area contributed by atoms with Gasteiger partial charge in [0.15, 0.2) is 0 Å². The maximum atomic E-state index is 12.8. The molecule has 27 heavy (non-hydrogen) atoms. The molecule has 3 rings (SSSR count). The van der Waals surface area contributed by atoms with E-state index in [0.29, 0.717) is 11.1 Å². The van der Waals surface area contributed by atoms with E-state index in [1.54, 1.807) is 23.1 Å². The van der Waals surface area contributed by atoms with E-state index in [2.05, 4.69) is 0 Å². The van der Waals surface area contributed by atoms with Crippen LogP contribution < -0.4 is 0 Å². The highest BCUT2D eigenvalue weighted by Crippen LogP contribution is 2.31. The Balaban J connectivity index is 1.74. The van der Waals surface area contributed by atoms with Gasteiger partial charge in [-0.3, -0.25) is 4.79 Å². The summed E-state index contributed by atoms with van der Waals surface area (Å²) in [5.74, 6) is -1.33. The number of carboxylic acids is 1. The van der Waals surface area contributed by atoms with Crippen LogP contribution in [0.5, 0.6) is 0 Å². The molecule has 0 saturated heterocycles. The highest BCUT2D eigenvalue weighted by Gasteiger charge is 2.33. The minimum Gasteiger partial charge on any atom is -0.478 e. The zero-order chi connectivity index (χ0) is 19.6. The normalized spacial score (nSPS) is 14.0. The second-order valence-corrected chi connectivity index (χ2v) is 6.59. The number of carboxylic acid groups (broad SMARTS) is 1. The number of amides is 1. The Hall–Kier alpha value is -2.83. The third-order valence-electron chi connectivity index (χ3n) is 4.53. The molecular formula is C20H18F3NO3. The smallest absolute Gasteiger partial charge is 0.416 e. The molecule has 142 valence electrons. The Morgan fingerprint density at radius 3 is 2.22 bits per heavy atom. The molecule has 2 aromatic carbocycles. The van der Waals surface area contributed by atoms with Gasteiger partial charge in [0.05, 0.1) is 17.5 Å². The molecule has 1 saturated carbocycles. The van der Waals surface area contributed by atoms with Crippen LogP contribution in [0.25, 0.3) is 0 Å². The molecule has 1 N–H and O–H groups in total. The Bertz CT molecular complexity index is 842. The summed E-state index contributed by atoms with van der Waals surface area (Å²) in [6.45, 7) is 0.205. The third-order valence-corrected chi connectivity index (χ3v) is 4.53. The molecule has 0 aliphatic heterocycles. The summed E-state index contributed by atoms with van der Waals surface area (Å²) in [6.07, 6.45) is -2.77. The summed E-state index contributed by atoms with van der Waals surface area (Å²) in [5.41, 5.74) is 0.380. The SMILES string of the molecule is O=C(O)c1ccccc1CC(=O)N(Cc1ccc(C(F)(F)F)cc1)C1CC1. The van der Waals surface area contributed by atoms with Gasteiger partial charge in [-0.05, 0) is 42.2 Å². The van der Waals surface area contributed by atoms with Crippen LogP contribution in [-0.2, 0) is 23.9 Å². The molecular weight excluding hydrogens is 359 g/mol. The van der Waals surface area contributed by atoms with Gasteiger partial charge in [-0.25, -0.2) is 4.79 Å². The maximum absolute atomic E-state index is 12.8. The highest BCUT2D eigenvalue weighted by atomic mass is 19.4. The number of halogens is 3. The van der Waals surface area contributed by atoms with E-state index in [1.165, 1.54) is 18.2 Å². The van der Waals surface area contributed by atoms with Crippen LogP contribution >= 0.6 is 0 Å². The van der Waals surface area contributed by atoms with Crippen LogP contribution in [0.3, 0.4) is 0 Å². The number of carbonyl (C=O) groups excluding carboxylic acids is 1. The van der Waals surface area contributed by atoms with Gasteiger partial charge in [-0.2, -0.15) is 13.2 Å². The largest absolute Gasteiger partial charge is 0.478 e. The van der Waals surface area contributed by atoms with Gasteiger partial charge in [0.1, 0.15) is 0 Å². The maximum Gasteiger partial charge on any atom is 0.416 e. The molecule has 1 fully saturated rings. The molecule has 0 radical (unpaired) electrons. The van der Waals surface area contributed by atoms with Gasteiger partial charge < -0.3 is 10.0 Å². The first-order valence-corrected chi connectivity index (χ1v) is 8.52. The fourth-order valence-electron chi connectivity index (χ4n) is 2.95. The molecule has 0 unspecified atom stereocenters. The van der Waals surface area contributed by atoms with Crippen LogP contribution in [0.4, 0.5) is 13.2 Å². The zero-order valence-electron chi connectivity index (χ0n) is 14.4. The minimum absolute atomic E-state index is 0.0526. The van der Waals surface area contributed by atoms with Gasteiger partial charge in [0.25, 0.3) is 0 Å². The van der Waals surface area contributed by atoms with Gasteiger partial charge in [-0.1, -0.05) is 30.3 Å². The number of rotatable bonds is 6. The number of aromatic carboxylic acids is 1. The average molecular weight is 377 g/mol. The fourth-order valence-corrected chi connectivity index (χ4v) is 2.95. The van der Waals surface area contributed by atoms with Crippen molar-refractivity contribution in [3.05, 3.63) is 70.8 Å². The predicted molar refractivity (Wildman–Crippen MR) is 92.1 cm³/mol. The predicted octanol–water partition coefficient (Wildman–Crippen LogP) is 4.14. The topological polar surface area (TPSA) is 57.6 Å². The lowest BCUT2D eigenvalue weighted by atomic mass is 10.0. The van der Waals surface area contributed by atoms with Crippen LogP contribution in [0, 0.1) is 0 Å².